The second-order valence-corrected chi connectivity index (χ2v) is 6.32. The zero-order valence-corrected chi connectivity index (χ0v) is 15.3. The number of ether oxygens (including phenoxy) is 1. The highest BCUT2D eigenvalue weighted by Gasteiger charge is 2.31. The monoisotopic (exact) mass is 398 g/mol. The average Bonchev–Trinajstić information content (AvgIpc) is 2.93. The van der Waals surface area contributed by atoms with E-state index in [1.165, 1.54) is 33.1 Å². The van der Waals surface area contributed by atoms with Gasteiger partial charge in [0.1, 0.15) is 12.1 Å². The van der Waals surface area contributed by atoms with Gasteiger partial charge in [0.2, 0.25) is 5.91 Å². The summed E-state index contributed by atoms with van der Waals surface area (Å²) in [6, 6.07) is 3.53. The lowest BCUT2D eigenvalue weighted by Crippen LogP contribution is -2.51. The number of aromatic nitrogens is 2. The normalized spacial score (nSPS) is 11.1. The minimum atomic E-state index is -1.30. The van der Waals surface area contributed by atoms with Crippen molar-refractivity contribution >= 4 is 29.2 Å². The molecule has 12 heteroatoms. The molecule has 0 atom stereocenters. The summed E-state index contributed by atoms with van der Waals surface area (Å²) in [5, 5.41) is 17.0. The Morgan fingerprint density at radius 3 is 2.67 bits per heavy atom. The fourth-order valence-electron chi connectivity index (χ4n) is 2.14. The van der Waals surface area contributed by atoms with Gasteiger partial charge in [-0.05, 0) is 19.9 Å². The van der Waals surface area contributed by atoms with Crippen LogP contribution in [0.3, 0.4) is 0 Å². The number of non-ortho nitro benzene ring substituents is 1. The quantitative estimate of drug-likeness (QED) is 0.432. The van der Waals surface area contributed by atoms with Gasteiger partial charge in [-0.25, -0.2) is 9.59 Å². The number of benzene rings is 1. The number of nitrogens with one attached hydrogen (secondary N) is 1. The van der Waals surface area contributed by atoms with E-state index in [0.29, 0.717) is 0 Å². The second-order valence-electron chi connectivity index (χ2n) is 5.92. The maximum absolute atomic E-state index is 12.1. The van der Waals surface area contributed by atoms with Crippen LogP contribution in [0.25, 0.3) is 11.5 Å². The molecule has 1 N–H and O–H groups in total. The summed E-state index contributed by atoms with van der Waals surface area (Å²) in [6.45, 7) is 2.35. The van der Waals surface area contributed by atoms with Gasteiger partial charge in [0.15, 0.2) is 0 Å². The number of nitrogens with zero attached hydrogens (tertiary/aromatic N) is 3. The molecule has 1 amide bonds. The Hall–Kier alpha value is -3.21. The van der Waals surface area contributed by atoms with Crippen LogP contribution in [0, 0.1) is 10.1 Å². The molecule has 0 saturated carbocycles. The van der Waals surface area contributed by atoms with Crippen molar-refractivity contribution in [2.24, 2.45) is 0 Å². The third-order valence-electron chi connectivity index (χ3n) is 3.44. The van der Waals surface area contributed by atoms with Crippen LogP contribution in [0.4, 0.5) is 5.69 Å². The van der Waals surface area contributed by atoms with E-state index in [9.17, 15) is 24.5 Å². The SMILES string of the molecule is COC(=O)C(C)(C)NC(=O)Cn1nc(-c2ccc([N+](=O)[O-])cc2Cl)oc1=O. The van der Waals surface area contributed by atoms with Gasteiger partial charge in [0.25, 0.3) is 11.6 Å². The fourth-order valence-corrected chi connectivity index (χ4v) is 2.39. The van der Waals surface area contributed by atoms with Gasteiger partial charge >= 0.3 is 11.7 Å². The highest BCUT2D eigenvalue weighted by molar-refractivity contribution is 6.33. The first-order valence-electron chi connectivity index (χ1n) is 7.47. The largest absolute Gasteiger partial charge is 0.467 e. The summed E-state index contributed by atoms with van der Waals surface area (Å²) < 4.78 is 10.3. The Kier molecular flexibility index (Phi) is 5.64. The number of amides is 1. The fraction of sp³-hybridized carbons (Fsp3) is 0.333. The van der Waals surface area contributed by atoms with Crippen LogP contribution in [0.15, 0.2) is 27.4 Å². The second kappa shape index (κ2) is 7.58. The molecule has 1 heterocycles. The first kappa shape index (κ1) is 20.1. The van der Waals surface area contributed by atoms with Crippen LogP contribution >= 0.6 is 11.6 Å². The lowest BCUT2D eigenvalue weighted by Gasteiger charge is -2.22. The van der Waals surface area contributed by atoms with Gasteiger partial charge in [-0.1, -0.05) is 11.6 Å². The summed E-state index contributed by atoms with van der Waals surface area (Å²) in [4.78, 5) is 45.7. The van der Waals surface area contributed by atoms with Crippen molar-refractivity contribution in [3.63, 3.8) is 0 Å². The molecule has 0 aliphatic rings. The minimum Gasteiger partial charge on any atom is -0.467 e. The van der Waals surface area contributed by atoms with E-state index in [0.717, 1.165) is 10.7 Å². The lowest BCUT2D eigenvalue weighted by atomic mass is 10.1. The lowest BCUT2D eigenvalue weighted by molar-refractivity contribution is -0.384. The number of hydrogen-bond donors (Lipinski definition) is 1. The third kappa shape index (κ3) is 4.50. The number of esters is 1. The van der Waals surface area contributed by atoms with Crippen molar-refractivity contribution in [2.75, 3.05) is 7.11 Å². The standard InChI is InChI=1S/C15H15ClN4O7/c1-15(2,13(22)26-3)17-11(21)7-19-14(23)27-12(18-19)9-5-4-8(20(24)25)6-10(9)16/h4-6H,7H2,1-3H3,(H,17,21). The molecule has 2 rings (SSSR count). The number of halogens is 1. The molecule has 0 radical (unpaired) electrons. The van der Waals surface area contributed by atoms with E-state index in [2.05, 4.69) is 15.2 Å². The first-order chi connectivity index (χ1) is 12.5. The maximum Gasteiger partial charge on any atom is 0.437 e. The molecule has 0 aliphatic carbocycles. The van der Waals surface area contributed by atoms with Crippen molar-refractivity contribution in [2.45, 2.75) is 25.9 Å². The van der Waals surface area contributed by atoms with Crippen LogP contribution in [0.2, 0.25) is 5.02 Å². The van der Waals surface area contributed by atoms with E-state index in [4.69, 9.17) is 16.0 Å². The Bertz CT molecular complexity index is 963. The molecule has 0 aliphatic heterocycles. The van der Waals surface area contributed by atoms with E-state index in [-0.39, 0.29) is 22.2 Å². The van der Waals surface area contributed by atoms with E-state index in [1.54, 1.807) is 0 Å². The smallest absolute Gasteiger partial charge is 0.437 e. The topological polar surface area (TPSA) is 147 Å². The molecule has 11 nitrogen and oxygen atoms in total. The van der Waals surface area contributed by atoms with Crippen molar-refractivity contribution in [3.05, 3.63) is 43.9 Å². The molecule has 0 unspecified atom stereocenters. The van der Waals surface area contributed by atoms with Gasteiger partial charge in [0, 0.05) is 12.1 Å². The van der Waals surface area contributed by atoms with Crippen LogP contribution in [-0.2, 0) is 20.9 Å². The van der Waals surface area contributed by atoms with Crippen molar-refractivity contribution in [3.8, 4) is 11.5 Å². The summed E-state index contributed by atoms with van der Waals surface area (Å²) in [7, 11) is 1.18. The van der Waals surface area contributed by atoms with E-state index >= 15 is 0 Å². The summed E-state index contributed by atoms with van der Waals surface area (Å²) in [5.41, 5.74) is -1.40. The Morgan fingerprint density at radius 1 is 1.44 bits per heavy atom. The zero-order chi connectivity index (χ0) is 20.4. The molecule has 0 spiro atoms. The van der Waals surface area contributed by atoms with Gasteiger partial charge in [-0.15, -0.1) is 5.10 Å². The molecule has 0 saturated heterocycles. The van der Waals surface area contributed by atoms with Crippen molar-refractivity contribution in [1.82, 2.24) is 15.1 Å². The molecular formula is C15H15ClN4O7. The number of hydrogen-bond acceptors (Lipinski definition) is 8. The molecule has 0 fully saturated rings. The maximum atomic E-state index is 12.1. The number of carbonyl (C=O) groups is 2. The minimum absolute atomic E-state index is 0.0473. The van der Waals surface area contributed by atoms with Crippen molar-refractivity contribution < 1.29 is 23.7 Å². The summed E-state index contributed by atoms with van der Waals surface area (Å²) in [5.74, 6) is -2.49. The number of carbonyl (C=O) groups excluding carboxylic acids is 2. The molecule has 144 valence electrons. The Balaban J connectivity index is 2.22. The average molecular weight is 399 g/mol. The third-order valence-corrected chi connectivity index (χ3v) is 3.75. The number of nitro groups is 1. The number of rotatable bonds is 6. The van der Waals surface area contributed by atoms with Crippen LogP contribution in [0.5, 0.6) is 0 Å². The number of nitro benzene ring substituents is 1. The number of methoxy groups -OCH3 is 1. The van der Waals surface area contributed by atoms with Gasteiger partial charge in [0.05, 0.1) is 22.6 Å². The molecule has 0 bridgehead atoms. The highest BCUT2D eigenvalue weighted by Crippen LogP contribution is 2.29. The van der Waals surface area contributed by atoms with Crippen LogP contribution in [-0.4, -0.2) is 39.2 Å². The summed E-state index contributed by atoms with van der Waals surface area (Å²) in [6.07, 6.45) is 0. The highest BCUT2D eigenvalue weighted by atomic mass is 35.5. The van der Waals surface area contributed by atoms with E-state index in [1.807, 2.05) is 0 Å². The molecular weight excluding hydrogens is 384 g/mol. The Labute approximate surface area is 157 Å². The molecule has 1 aromatic heterocycles. The molecule has 27 heavy (non-hydrogen) atoms. The van der Waals surface area contributed by atoms with Gasteiger partial charge in [-0.2, -0.15) is 4.68 Å². The van der Waals surface area contributed by atoms with E-state index < -0.39 is 34.6 Å². The zero-order valence-electron chi connectivity index (χ0n) is 14.5. The van der Waals surface area contributed by atoms with Gasteiger partial charge in [-0.3, -0.25) is 14.9 Å². The Morgan fingerprint density at radius 2 is 2.11 bits per heavy atom. The van der Waals surface area contributed by atoms with Crippen molar-refractivity contribution in [1.29, 1.82) is 0 Å². The van der Waals surface area contributed by atoms with Gasteiger partial charge < -0.3 is 14.5 Å². The molecule has 2 aromatic rings. The van der Waals surface area contributed by atoms with Crippen LogP contribution in [0.1, 0.15) is 13.8 Å². The molecule has 1 aromatic carbocycles. The summed E-state index contributed by atoms with van der Waals surface area (Å²) >= 11 is 5.97. The van der Waals surface area contributed by atoms with Crippen LogP contribution < -0.4 is 11.1 Å². The predicted molar refractivity (Wildman–Crippen MR) is 92.1 cm³/mol. The predicted octanol–water partition coefficient (Wildman–Crippen LogP) is 1.13. The first-order valence-corrected chi connectivity index (χ1v) is 7.84.